The predicted molar refractivity (Wildman–Crippen MR) is 62.3 cm³/mol. The molecule has 84 valence electrons. The Bertz CT molecular complexity index is 453. The van der Waals surface area contributed by atoms with E-state index in [-0.39, 0.29) is 0 Å². The molecule has 4 nitrogen and oxygen atoms in total. The average Bonchev–Trinajstić information content (AvgIpc) is 2.78. The van der Waals surface area contributed by atoms with Crippen molar-refractivity contribution >= 4 is 23.3 Å². The maximum absolute atomic E-state index is 5.62. The molecule has 0 bridgehead atoms. The number of methoxy groups -OCH3 is 1. The zero-order valence-electron chi connectivity index (χ0n) is 8.74. The monoisotopic (exact) mass is 238 g/mol. The van der Waals surface area contributed by atoms with Gasteiger partial charge in [-0.1, -0.05) is 0 Å². The molecule has 0 amide bonds. The second kappa shape index (κ2) is 4.90. The lowest BCUT2D eigenvalue weighted by atomic mass is 10.3. The number of rotatable bonds is 4. The number of benzene rings is 1. The van der Waals surface area contributed by atoms with Crippen molar-refractivity contribution in [3.63, 3.8) is 0 Å². The topological polar surface area (TPSA) is 47.3 Å². The van der Waals surface area contributed by atoms with Crippen molar-refractivity contribution in [3.05, 3.63) is 36.2 Å². The predicted octanol–water partition coefficient (Wildman–Crippen LogP) is 3.17. The molecule has 0 radical (unpaired) electrons. The number of oxazole rings is 1. The number of nitrogens with zero attached hydrogens (tertiary/aromatic N) is 1. The van der Waals surface area contributed by atoms with Gasteiger partial charge in [0, 0.05) is 5.69 Å². The molecule has 5 heteroatoms. The third-order valence-electron chi connectivity index (χ3n) is 2.03. The van der Waals surface area contributed by atoms with Gasteiger partial charge in [-0.15, -0.1) is 11.6 Å². The highest BCUT2D eigenvalue weighted by atomic mass is 35.5. The molecule has 0 aliphatic carbocycles. The summed E-state index contributed by atoms with van der Waals surface area (Å²) in [6, 6.07) is 7.90. The molecular formula is C11H11ClN2O2. The SMILES string of the molecule is COc1ccc(Nc2nc(CCl)co2)cc1. The van der Waals surface area contributed by atoms with Crippen molar-refractivity contribution in [2.45, 2.75) is 5.88 Å². The number of aromatic nitrogens is 1. The molecule has 1 N–H and O–H groups in total. The molecule has 1 aromatic carbocycles. The zero-order chi connectivity index (χ0) is 11.4. The van der Waals surface area contributed by atoms with E-state index >= 15 is 0 Å². The fraction of sp³-hybridized carbons (Fsp3) is 0.182. The van der Waals surface area contributed by atoms with Crippen molar-refractivity contribution in [1.82, 2.24) is 4.98 Å². The number of ether oxygens (including phenoxy) is 1. The van der Waals surface area contributed by atoms with Crippen LogP contribution in [-0.2, 0) is 5.88 Å². The molecule has 2 rings (SSSR count). The quantitative estimate of drug-likeness (QED) is 0.832. The first-order valence-electron chi connectivity index (χ1n) is 4.73. The Balaban J connectivity index is 2.08. The molecule has 0 atom stereocenters. The maximum atomic E-state index is 5.62. The summed E-state index contributed by atoms with van der Waals surface area (Å²) < 4.78 is 10.2. The highest BCUT2D eigenvalue weighted by Gasteiger charge is 2.02. The second-order valence-corrected chi connectivity index (χ2v) is 3.40. The van der Waals surface area contributed by atoms with E-state index in [1.807, 2.05) is 24.3 Å². The molecule has 0 fully saturated rings. The van der Waals surface area contributed by atoms with Gasteiger partial charge < -0.3 is 14.5 Å². The van der Waals surface area contributed by atoms with Gasteiger partial charge in [-0.2, -0.15) is 4.98 Å². The summed E-state index contributed by atoms with van der Waals surface area (Å²) in [4.78, 5) is 4.13. The van der Waals surface area contributed by atoms with Gasteiger partial charge in [0.15, 0.2) is 0 Å². The van der Waals surface area contributed by atoms with Gasteiger partial charge in [0.25, 0.3) is 6.01 Å². The standard InChI is InChI=1S/C11H11ClN2O2/c1-15-10-4-2-8(3-5-10)13-11-14-9(6-12)7-16-11/h2-5,7H,6H2,1H3,(H,13,14). The van der Waals surface area contributed by atoms with Crippen molar-refractivity contribution in [2.24, 2.45) is 0 Å². The summed E-state index contributed by atoms with van der Waals surface area (Å²) in [7, 11) is 1.63. The van der Waals surface area contributed by atoms with Gasteiger partial charge in [-0.05, 0) is 24.3 Å². The first-order valence-corrected chi connectivity index (χ1v) is 5.26. The van der Waals surface area contributed by atoms with Gasteiger partial charge in [0.2, 0.25) is 0 Å². The molecule has 0 spiro atoms. The molecule has 0 saturated carbocycles. The second-order valence-electron chi connectivity index (χ2n) is 3.13. The number of alkyl halides is 1. The Morgan fingerprint density at radius 3 is 2.69 bits per heavy atom. The first-order chi connectivity index (χ1) is 7.81. The number of halogens is 1. The van der Waals surface area contributed by atoms with Gasteiger partial charge in [-0.25, -0.2) is 0 Å². The van der Waals surface area contributed by atoms with Crippen LogP contribution in [0.3, 0.4) is 0 Å². The minimum atomic E-state index is 0.341. The van der Waals surface area contributed by atoms with E-state index in [0.29, 0.717) is 17.6 Å². The number of anilines is 2. The summed E-state index contributed by atoms with van der Waals surface area (Å²) in [5.74, 6) is 1.15. The van der Waals surface area contributed by atoms with Gasteiger partial charge in [0.05, 0.1) is 18.7 Å². The smallest absolute Gasteiger partial charge is 0.299 e. The van der Waals surface area contributed by atoms with Crippen LogP contribution in [0.5, 0.6) is 5.75 Å². The van der Waals surface area contributed by atoms with Crippen LogP contribution in [0, 0.1) is 0 Å². The van der Waals surface area contributed by atoms with Crippen LogP contribution >= 0.6 is 11.6 Å². The third kappa shape index (κ3) is 2.46. The van der Waals surface area contributed by atoms with Crippen LogP contribution in [-0.4, -0.2) is 12.1 Å². The van der Waals surface area contributed by atoms with Crippen LogP contribution in [0.25, 0.3) is 0 Å². The summed E-state index contributed by atoms with van der Waals surface area (Å²) in [5, 5.41) is 3.02. The zero-order valence-corrected chi connectivity index (χ0v) is 9.49. The highest BCUT2D eigenvalue weighted by Crippen LogP contribution is 2.19. The summed E-state index contributed by atoms with van der Waals surface area (Å²) in [6.45, 7) is 0. The third-order valence-corrected chi connectivity index (χ3v) is 2.30. The van der Waals surface area contributed by atoms with Gasteiger partial charge in [0.1, 0.15) is 12.0 Å². The van der Waals surface area contributed by atoms with Crippen molar-refractivity contribution in [3.8, 4) is 5.75 Å². The van der Waals surface area contributed by atoms with Crippen molar-refractivity contribution in [2.75, 3.05) is 12.4 Å². The van der Waals surface area contributed by atoms with E-state index < -0.39 is 0 Å². The Morgan fingerprint density at radius 2 is 2.12 bits per heavy atom. The fourth-order valence-electron chi connectivity index (χ4n) is 1.22. The Hall–Kier alpha value is -1.68. The van der Waals surface area contributed by atoms with E-state index in [9.17, 15) is 0 Å². The minimum absolute atomic E-state index is 0.341. The molecule has 1 heterocycles. The summed E-state index contributed by atoms with van der Waals surface area (Å²) >= 11 is 5.62. The number of hydrogen-bond acceptors (Lipinski definition) is 4. The minimum Gasteiger partial charge on any atom is -0.497 e. The van der Waals surface area contributed by atoms with Crippen molar-refractivity contribution < 1.29 is 9.15 Å². The highest BCUT2D eigenvalue weighted by molar-refractivity contribution is 6.16. The Kier molecular flexibility index (Phi) is 3.31. The van der Waals surface area contributed by atoms with E-state index in [0.717, 1.165) is 11.4 Å². The fourth-order valence-corrected chi connectivity index (χ4v) is 1.35. The van der Waals surface area contributed by atoms with E-state index in [1.165, 1.54) is 6.26 Å². The van der Waals surface area contributed by atoms with Crippen LogP contribution in [0.4, 0.5) is 11.7 Å². The Morgan fingerprint density at radius 1 is 1.38 bits per heavy atom. The van der Waals surface area contributed by atoms with Crippen LogP contribution < -0.4 is 10.1 Å². The van der Waals surface area contributed by atoms with Crippen molar-refractivity contribution in [1.29, 1.82) is 0 Å². The summed E-state index contributed by atoms with van der Waals surface area (Å²) in [5.41, 5.74) is 1.58. The molecule has 1 aromatic heterocycles. The van der Waals surface area contributed by atoms with Gasteiger partial charge in [-0.3, -0.25) is 0 Å². The molecule has 0 saturated heterocycles. The molecule has 16 heavy (non-hydrogen) atoms. The van der Waals surface area contributed by atoms with Crippen LogP contribution in [0.15, 0.2) is 34.9 Å². The molecule has 0 aliphatic rings. The molecule has 2 aromatic rings. The van der Waals surface area contributed by atoms with E-state index in [1.54, 1.807) is 7.11 Å². The number of hydrogen-bond donors (Lipinski definition) is 1. The van der Waals surface area contributed by atoms with Crippen LogP contribution in [0.2, 0.25) is 0 Å². The molecule has 0 unspecified atom stereocenters. The van der Waals surface area contributed by atoms with Gasteiger partial charge >= 0.3 is 0 Å². The molecular weight excluding hydrogens is 228 g/mol. The lowest BCUT2D eigenvalue weighted by Crippen LogP contribution is -1.91. The lowest BCUT2D eigenvalue weighted by molar-refractivity contribution is 0.415. The van der Waals surface area contributed by atoms with Crippen LogP contribution in [0.1, 0.15) is 5.69 Å². The van der Waals surface area contributed by atoms with E-state index in [2.05, 4.69) is 10.3 Å². The average molecular weight is 239 g/mol. The summed E-state index contributed by atoms with van der Waals surface area (Å²) in [6.07, 6.45) is 1.53. The lowest BCUT2D eigenvalue weighted by Gasteiger charge is -2.02. The first kappa shape index (κ1) is 10.8. The number of nitrogens with one attached hydrogen (secondary N) is 1. The molecule has 0 aliphatic heterocycles. The van der Waals surface area contributed by atoms with E-state index in [4.69, 9.17) is 20.8 Å². The largest absolute Gasteiger partial charge is 0.497 e. The normalized spacial score (nSPS) is 10.1. The Labute approximate surface area is 98.2 Å². The maximum Gasteiger partial charge on any atom is 0.299 e.